The highest BCUT2D eigenvalue weighted by atomic mass is 32.1. The molecule has 0 bridgehead atoms. The molecule has 8 heteroatoms. The summed E-state index contributed by atoms with van der Waals surface area (Å²) in [5, 5.41) is 5.39. The van der Waals surface area contributed by atoms with E-state index in [-0.39, 0.29) is 17.9 Å². The Kier molecular flexibility index (Phi) is 5.14. The number of likely N-dealkylation sites (tertiary alicyclic amines) is 1. The third kappa shape index (κ3) is 4.14. The van der Waals surface area contributed by atoms with Crippen molar-refractivity contribution in [1.29, 1.82) is 0 Å². The summed E-state index contributed by atoms with van der Waals surface area (Å²) in [6.07, 6.45) is 4.16. The molecule has 0 radical (unpaired) electrons. The zero-order valence-corrected chi connectivity index (χ0v) is 14.1. The number of nitrogens with two attached hydrogens (primary N) is 1. The quantitative estimate of drug-likeness (QED) is 0.856. The maximum atomic E-state index is 12.3. The monoisotopic (exact) mass is 348 g/mol. The Hall–Kier alpha value is -2.35. The third-order valence-electron chi connectivity index (χ3n) is 3.98. The molecule has 3 heterocycles. The second kappa shape index (κ2) is 7.48. The molecule has 1 aliphatic heterocycles. The molecule has 24 heavy (non-hydrogen) atoms. The zero-order valence-electron chi connectivity index (χ0n) is 13.2. The molecule has 0 aromatic carbocycles. The predicted molar refractivity (Wildman–Crippen MR) is 90.6 cm³/mol. The standard InChI is InChI=1S/C16H20N4O3S/c17-16-19-12(10-24-16)5-6-14(21)18-11-3-1-7-20(9-11)15(22)13-4-2-8-23-13/h2,4,8,10-11H,1,3,5-7,9H2,(H2,17,19)(H,18,21). The number of carbonyl (C=O) groups is 2. The first-order chi connectivity index (χ1) is 11.6. The second-order valence-electron chi connectivity index (χ2n) is 5.81. The van der Waals surface area contributed by atoms with Crippen molar-refractivity contribution in [2.24, 2.45) is 0 Å². The van der Waals surface area contributed by atoms with E-state index >= 15 is 0 Å². The lowest BCUT2D eigenvalue weighted by Crippen LogP contribution is -2.49. The number of aryl methyl sites for hydroxylation is 1. The summed E-state index contributed by atoms with van der Waals surface area (Å²) in [5.74, 6) is 0.180. The van der Waals surface area contributed by atoms with Crippen molar-refractivity contribution in [2.45, 2.75) is 31.7 Å². The summed E-state index contributed by atoms with van der Waals surface area (Å²) in [6.45, 7) is 1.19. The molecule has 1 saturated heterocycles. The van der Waals surface area contributed by atoms with Crippen LogP contribution in [0.2, 0.25) is 0 Å². The fraction of sp³-hybridized carbons (Fsp3) is 0.438. The fourth-order valence-corrected chi connectivity index (χ4v) is 3.41. The molecule has 128 valence electrons. The minimum atomic E-state index is -0.128. The van der Waals surface area contributed by atoms with Gasteiger partial charge in [-0.3, -0.25) is 9.59 Å². The average Bonchev–Trinajstić information content (AvgIpc) is 3.24. The zero-order chi connectivity index (χ0) is 16.9. The minimum Gasteiger partial charge on any atom is -0.459 e. The van der Waals surface area contributed by atoms with E-state index in [0.29, 0.717) is 36.8 Å². The van der Waals surface area contributed by atoms with E-state index in [1.807, 2.05) is 5.38 Å². The first kappa shape index (κ1) is 16.5. The molecule has 3 N–H and O–H groups in total. The van der Waals surface area contributed by atoms with Crippen molar-refractivity contribution in [2.75, 3.05) is 18.8 Å². The first-order valence-corrected chi connectivity index (χ1v) is 8.82. The van der Waals surface area contributed by atoms with Gasteiger partial charge in [0.25, 0.3) is 5.91 Å². The van der Waals surface area contributed by atoms with Crippen LogP contribution >= 0.6 is 11.3 Å². The number of rotatable bonds is 5. The van der Waals surface area contributed by atoms with E-state index in [9.17, 15) is 9.59 Å². The van der Waals surface area contributed by atoms with E-state index in [1.165, 1.54) is 17.6 Å². The van der Waals surface area contributed by atoms with E-state index in [4.69, 9.17) is 10.2 Å². The molecule has 7 nitrogen and oxygen atoms in total. The summed E-state index contributed by atoms with van der Waals surface area (Å²) < 4.78 is 5.16. The van der Waals surface area contributed by atoms with Crippen LogP contribution in [0, 0.1) is 0 Å². The van der Waals surface area contributed by atoms with Crippen molar-refractivity contribution in [3.05, 3.63) is 35.2 Å². The van der Waals surface area contributed by atoms with Crippen molar-refractivity contribution < 1.29 is 14.0 Å². The molecule has 1 unspecified atom stereocenters. The molecule has 2 aromatic rings. The third-order valence-corrected chi connectivity index (χ3v) is 4.71. The van der Waals surface area contributed by atoms with Gasteiger partial charge in [0.15, 0.2) is 10.9 Å². The second-order valence-corrected chi connectivity index (χ2v) is 6.70. The largest absolute Gasteiger partial charge is 0.459 e. The van der Waals surface area contributed by atoms with Crippen LogP contribution in [-0.2, 0) is 11.2 Å². The van der Waals surface area contributed by atoms with Crippen molar-refractivity contribution >= 4 is 28.3 Å². The van der Waals surface area contributed by atoms with Crippen LogP contribution in [-0.4, -0.2) is 40.8 Å². The summed E-state index contributed by atoms with van der Waals surface area (Å²) in [5.41, 5.74) is 6.42. The number of nitrogens with zero attached hydrogens (tertiary/aromatic N) is 2. The molecule has 0 saturated carbocycles. The number of hydrogen-bond acceptors (Lipinski definition) is 6. The Balaban J connectivity index is 1.48. The van der Waals surface area contributed by atoms with Gasteiger partial charge in [0.2, 0.25) is 5.91 Å². The Morgan fingerprint density at radius 1 is 1.50 bits per heavy atom. The Morgan fingerprint density at radius 3 is 3.08 bits per heavy atom. The number of nitrogens with one attached hydrogen (secondary N) is 1. The maximum absolute atomic E-state index is 12.3. The predicted octanol–water partition coefficient (Wildman–Crippen LogP) is 1.67. The van der Waals surface area contributed by atoms with Gasteiger partial charge in [0, 0.05) is 30.9 Å². The van der Waals surface area contributed by atoms with Crippen LogP contribution < -0.4 is 11.1 Å². The van der Waals surface area contributed by atoms with Gasteiger partial charge < -0.3 is 20.4 Å². The van der Waals surface area contributed by atoms with Crippen LogP contribution in [0.25, 0.3) is 0 Å². The summed E-state index contributed by atoms with van der Waals surface area (Å²) in [6, 6.07) is 3.33. The lowest BCUT2D eigenvalue weighted by atomic mass is 10.0. The van der Waals surface area contributed by atoms with Gasteiger partial charge in [-0.1, -0.05) is 0 Å². The van der Waals surface area contributed by atoms with E-state index in [1.54, 1.807) is 17.0 Å². The topological polar surface area (TPSA) is 101 Å². The van der Waals surface area contributed by atoms with Crippen molar-refractivity contribution in [3.8, 4) is 0 Å². The molecule has 2 aromatic heterocycles. The maximum Gasteiger partial charge on any atom is 0.289 e. The van der Waals surface area contributed by atoms with Crippen LogP contribution in [0.4, 0.5) is 5.13 Å². The smallest absolute Gasteiger partial charge is 0.289 e. The number of aromatic nitrogens is 1. The Bertz CT molecular complexity index is 698. The average molecular weight is 348 g/mol. The van der Waals surface area contributed by atoms with Gasteiger partial charge in [-0.25, -0.2) is 4.98 Å². The van der Waals surface area contributed by atoms with Crippen molar-refractivity contribution in [1.82, 2.24) is 15.2 Å². The summed E-state index contributed by atoms with van der Waals surface area (Å²) in [7, 11) is 0. The van der Waals surface area contributed by atoms with Crippen LogP contribution in [0.3, 0.4) is 0 Å². The number of anilines is 1. The highest BCUT2D eigenvalue weighted by molar-refractivity contribution is 7.13. The molecule has 1 aliphatic rings. The molecular weight excluding hydrogens is 328 g/mol. The van der Waals surface area contributed by atoms with E-state index in [2.05, 4.69) is 10.3 Å². The number of furan rings is 1. The highest BCUT2D eigenvalue weighted by Gasteiger charge is 2.26. The van der Waals surface area contributed by atoms with Crippen LogP contribution in [0.15, 0.2) is 28.2 Å². The number of amides is 2. The Labute approximate surface area is 143 Å². The first-order valence-electron chi connectivity index (χ1n) is 7.94. The Morgan fingerprint density at radius 2 is 2.38 bits per heavy atom. The SMILES string of the molecule is Nc1nc(CCC(=O)NC2CCCN(C(=O)c3ccco3)C2)cs1. The van der Waals surface area contributed by atoms with Gasteiger partial charge in [-0.05, 0) is 31.4 Å². The number of nitrogen functional groups attached to an aromatic ring is 1. The van der Waals surface area contributed by atoms with Crippen LogP contribution in [0.1, 0.15) is 35.5 Å². The molecule has 0 spiro atoms. The van der Waals surface area contributed by atoms with Gasteiger partial charge >= 0.3 is 0 Å². The molecular formula is C16H20N4O3S. The molecule has 1 fully saturated rings. The molecule has 3 rings (SSSR count). The van der Waals surface area contributed by atoms with Crippen LogP contribution in [0.5, 0.6) is 0 Å². The summed E-state index contributed by atoms with van der Waals surface area (Å²) in [4.78, 5) is 30.3. The van der Waals surface area contributed by atoms with Gasteiger partial charge in [-0.2, -0.15) is 0 Å². The number of thiazole rings is 1. The van der Waals surface area contributed by atoms with Gasteiger partial charge in [0.1, 0.15) is 0 Å². The van der Waals surface area contributed by atoms with E-state index < -0.39 is 0 Å². The lowest BCUT2D eigenvalue weighted by molar-refractivity contribution is -0.122. The van der Waals surface area contributed by atoms with Gasteiger partial charge in [-0.15, -0.1) is 11.3 Å². The van der Waals surface area contributed by atoms with Crippen molar-refractivity contribution in [3.63, 3.8) is 0 Å². The molecule has 2 amide bonds. The molecule has 1 atom stereocenters. The van der Waals surface area contributed by atoms with Gasteiger partial charge in [0.05, 0.1) is 12.0 Å². The normalized spacial score (nSPS) is 17.7. The highest BCUT2D eigenvalue weighted by Crippen LogP contribution is 2.15. The fourth-order valence-electron chi connectivity index (χ4n) is 2.81. The molecule has 0 aliphatic carbocycles. The lowest BCUT2D eigenvalue weighted by Gasteiger charge is -2.32. The number of hydrogen-bond donors (Lipinski definition) is 2. The number of piperidine rings is 1. The van der Waals surface area contributed by atoms with E-state index in [0.717, 1.165) is 18.5 Å². The minimum absolute atomic E-state index is 0.0225. The number of carbonyl (C=O) groups excluding carboxylic acids is 2. The summed E-state index contributed by atoms with van der Waals surface area (Å²) >= 11 is 1.38.